The maximum Gasteiger partial charge on any atom is 0.209 e. The molecular weight excluding hydrogens is 503 g/mol. The van der Waals surface area contributed by atoms with E-state index >= 15 is 0 Å². The van der Waals surface area contributed by atoms with Crippen molar-refractivity contribution < 1.29 is 12.8 Å². The number of rotatable bonds is 6. The number of nitrogens with zero attached hydrogens (tertiary/aromatic N) is 3. The monoisotopic (exact) mass is 526 g/mol. The number of fused-ring (bicyclic) bond motifs is 2. The normalized spacial score (nSPS) is 12.0. The third-order valence-electron chi connectivity index (χ3n) is 6.45. The number of benzene rings is 2. The molecule has 4 aromatic heterocycles. The van der Waals surface area contributed by atoms with Gasteiger partial charge in [-0.3, -0.25) is 10.1 Å². The standard InChI is InChI=1S/C28H23FN6O2S/c1-16-8-9-30-15-22(16)24-6-7-25-27(33-24)28(35-34-25)26-13-21-20(4-3-5-23(21)32-26)18-10-17(11-19(29)12-18)14-31-38(2,36)37/h3-13,15,31-32H,14H2,1-2H3,(H,34,35). The number of hydrogen-bond donors (Lipinski definition) is 3. The van der Waals surface area contributed by atoms with E-state index in [0.29, 0.717) is 16.8 Å². The molecule has 0 aliphatic heterocycles. The second kappa shape index (κ2) is 9.16. The van der Waals surface area contributed by atoms with Crippen molar-refractivity contribution in [2.24, 2.45) is 0 Å². The predicted molar refractivity (Wildman–Crippen MR) is 146 cm³/mol. The third-order valence-corrected chi connectivity index (χ3v) is 7.12. The number of aromatic amines is 2. The number of halogens is 1. The molecule has 190 valence electrons. The van der Waals surface area contributed by atoms with Gasteiger partial charge < -0.3 is 4.98 Å². The molecule has 38 heavy (non-hydrogen) atoms. The second-order valence-electron chi connectivity index (χ2n) is 9.25. The number of aromatic nitrogens is 5. The molecule has 0 aliphatic rings. The first kappa shape index (κ1) is 24.0. The smallest absolute Gasteiger partial charge is 0.209 e. The van der Waals surface area contributed by atoms with E-state index in [1.807, 2.05) is 49.4 Å². The summed E-state index contributed by atoms with van der Waals surface area (Å²) < 4.78 is 40.0. The summed E-state index contributed by atoms with van der Waals surface area (Å²) in [5.74, 6) is -0.443. The molecule has 0 aliphatic carbocycles. The van der Waals surface area contributed by atoms with Crippen LogP contribution in [-0.4, -0.2) is 39.8 Å². The molecule has 6 aromatic rings. The van der Waals surface area contributed by atoms with Crippen LogP contribution >= 0.6 is 0 Å². The Morgan fingerprint density at radius 1 is 1.00 bits per heavy atom. The lowest BCUT2D eigenvalue weighted by molar-refractivity contribution is 0.586. The highest BCUT2D eigenvalue weighted by molar-refractivity contribution is 7.88. The van der Waals surface area contributed by atoms with E-state index in [4.69, 9.17) is 4.98 Å². The topological polar surface area (TPSA) is 116 Å². The largest absolute Gasteiger partial charge is 0.353 e. The van der Waals surface area contributed by atoms with Gasteiger partial charge in [-0.2, -0.15) is 5.10 Å². The van der Waals surface area contributed by atoms with Gasteiger partial charge in [0, 0.05) is 35.4 Å². The molecule has 4 heterocycles. The number of pyridine rings is 2. The highest BCUT2D eigenvalue weighted by atomic mass is 32.2. The summed E-state index contributed by atoms with van der Waals surface area (Å²) in [5, 5.41) is 8.47. The van der Waals surface area contributed by atoms with Crippen molar-refractivity contribution in [2.45, 2.75) is 13.5 Å². The molecule has 3 N–H and O–H groups in total. The van der Waals surface area contributed by atoms with Gasteiger partial charge in [-0.25, -0.2) is 22.5 Å². The lowest BCUT2D eigenvalue weighted by atomic mass is 9.99. The summed E-state index contributed by atoms with van der Waals surface area (Å²) in [5.41, 5.74) is 8.63. The van der Waals surface area contributed by atoms with Gasteiger partial charge in [-0.05, 0) is 77.7 Å². The van der Waals surface area contributed by atoms with E-state index in [1.54, 1.807) is 18.5 Å². The number of nitrogens with one attached hydrogen (secondary N) is 3. The van der Waals surface area contributed by atoms with Crippen LogP contribution in [0.15, 0.2) is 73.1 Å². The van der Waals surface area contributed by atoms with Crippen molar-refractivity contribution >= 4 is 32.0 Å². The third kappa shape index (κ3) is 4.55. The Morgan fingerprint density at radius 2 is 1.87 bits per heavy atom. The van der Waals surface area contributed by atoms with Crippen molar-refractivity contribution in [2.75, 3.05) is 6.26 Å². The Balaban J connectivity index is 1.44. The van der Waals surface area contributed by atoms with Crippen molar-refractivity contribution in [1.29, 1.82) is 0 Å². The zero-order valence-electron chi connectivity index (χ0n) is 20.6. The molecule has 0 bridgehead atoms. The fraction of sp³-hybridized carbons (Fsp3) is 0.107. The van der Waals surface area contributed by atoms with Crippen LogP contribution in [0, 0.1) is 12.7 Å². The summed E-state index contributed by atoms with van der Waals surface area (Å²) in [7, 11) is -3.41. The van der Waals surface area contributed by atoms with Crippen LogP contribution in [-0.2, 0) is 16.6 Å². The first-order valence-corrected chi connectivity index (χ1v) is 13.8. The summed E-state index contributed by atoms with van der Waals surface area (Å²) in [6.07, 6.45) is 4.63. The summed E-state index contributed by atoms with van der Waals surface area (Å²) in [6.45, 7) is 2.02. The molecule has 0 atom stereocenters. The second-order valence-corrected chi connectivity index (χ2v) is 11.1. The molecule has 8 nitrogen and oxygen atoms in total. The van der Waals surface area contributed by atoms with E-state index in [1.165, 1.54) is 12.1 Å². The molecular formula is C28H23FN6O2S. The van der Waals surface area contributed by atoms with Crippen molar-refractivity contribution in [1.82, 2.24) is 29.9 Å². The number of H-pyrrole nitrogens is 2. The quantitative estimate of drug-likeness (QED) is 0.271. The Bertz CT molecular complexity index is 1940. The van der Waals surface area contributed by atoms with Crippen LogP contribution in [0.25, 0.3) is 55.7 Å². The lowest BCUT2D eigenvalue weighted by Crippen LogP contribution is -2.21. The van der Waals surface area contributed by atoms with Crippen molar-refractivity contribution in [3.8, 4) is 33.8 Å². The molecule has 10 heteroatoms. The van der Waals surface area contributed by atoms with E-state index in [9.17, 15) is 12.8 Å². The maximum absolute atomic E-state index is 14.5. The maximum atomic E-state index is 14.5. The average Bonchev–Trinajstić information content (AvgIpc) is 3.50. The Hall–Kier alpha value is -4.41. The van der Waals surface area contributed by atoms with Crippen LogP contribution in [0.3, 0.4) is 0 Å². The van der Waals surface area contributed by atoms with Gasteiger partial charge in [0.2, 0.25) is 10.0 Å². The Kier molecular flexibility index (Phi) is 5.77. The predicted octanol–water partition coefficient (Wildman–Crippen LogP) is 5.33. The summed E-state index contributed by atoms with van der Waals surface area (Å²) in [6, 6.07) is 18.1. The molecule has 0 spiro atoms. The summed E-state index contributed by atoms with van der Waals surface area (Å²) >= 11 is 0. The molecule has 2 aromatic carbocycles. The first-order chi connectivity index (χ1) is 18.2. The highest BCUT2D eigenvalue weighted by Crippen LogP contribution is 2.35. The zero-order chi connectivity index (χ0) is 26.4. The number of aryl methyl sites for hydroxylation is 1. The van der Waals surface area contributed by atoms with Gasteiger partial charge in [0.05, 0.1) is 23.2 Å². The van der Waals surface area contributed by atoms with Gasteiger partial charge in [0.15, 0.2) is 0 Å². The minimum atomic E-state index is -3.41. The van der Waals surface area contributed by atoms with E-state index in [-0.39, 0.29) is 6.54 Å². The lowest BCUT2D eigenvalue weighted by Gasteiger charge is -2.08. The molecule has 6 rings (SSSR count). The van der Waals surface area contributed by atoms with E-state index in [2.05, 4.69) is 24.9 Å². The molecule has 0 radical (unpaired) electrons. The average molecular weight is 527 g/mol. The number of hydrogen-bond acceptors (Lipinski definition) is 5. The highest BCUT2D eigenvalue weighted by Gasteiger charge is 2.16. The van der Waals surface area contributed by atoms with Gasteiger partial charge in [-0.1, -0.05) is 12.1 Å². The molecule has 0 saturated carbocycles. The molecule has 0 fully saturated rings. The fourth-order valence-electron chi connectivity index (χ4n) is 4.63. The first-order valence-electron chi connectivity index (χ1n) is 11.9. The van der Waals surface area contributed by atoms with E-state index < -0.39 is 15.8 Å². The fourth-order valence-corrected chi connectivity index (χ4v) is 5.05. The van der Waals surface area contributed by atoms with Crippen molar-refractivity contribution in [3.63, 3.8) is 0 Å². The minimum absolute atomic E-state index is 0.00161. The van der Waals surface area contributed by atoms with Crippen LogP contribution in [0.1, 0.15) is 11.1 Å². The van der Waals surface area contributed by atoms with Crippen molar-refractivity contribution in [3.05, 3.63) is 90.0 Å². The minimum Gasteiger partial charge on any atom is -0.353 e. The molecule has 0 saturated heterocycles. The van der Waals surface area contributed by atoms with Crippen LogP contribution < -0.4 is 4.72 Å². The Morgan fingerprint density at radius 3 is 2.68 bits per heavy atom. The van der Waals surface area contributed by atoms with Gasteiger partial charge in [0.1, 0.15) is 17.0 Å². The number of sulfonamides is 1. The molecule has 0 unspecified atom stereocenters. The summed E-state index contributed by atoms with van der Waals surface area (Å²) in [4.78, 5) is 12.6. The Labute approximate surface area is 218 Å². The zero-order valence-corrected chi connectivity index (χ0v) is 21.4. The van der Waals surface area contributed by atoms with Crippen LogP contribution in [0.5, 0.6) is 0 Å². The van der Waals surface area contributed by atoms with Gasteiger partial charge >= 0.3 is 0 Å². The van der Waals surface area contributed by atoms with Crippen LogP contribution in [0.4, 0.5) is 4.39 Å². The van der Waals surface area contributed by atoms with Gasteiger partial charge in [0.25, 0.3) is 0 Å². The SMILES string of the molecule is Cc1ccncc1-c1ccc2[nH]nc(-c3cc4c(-c5cc(F)cc(CNS(C)(=O)=O)c5)cccc4[nH]3)c2n1. The van der Waals surface area contributed by atoms with Gasteiger partial charge in [-0.15, -0.1) is 0 Å². The van der Waals surface area contributed by atoms with Crippen LogP contribution in [0.2, 0.25) is 0 Å². The van der Waals surface area contributed by atoms with E-state index in [0.717, 1.165) is 56.3 Å². The molecule has 0 amide bonds.